The van der Waals surface area contributed by atoms with Crippen LogP contribution in [0.15, 0.2) is 18.2 Å². The van der Waals surface area contributed by atoms with E-state index in [0.717, 1.165) is 17.7 Å². The maximum absolute atomic E-state index is 12.3. The van der Waals surface area contributed by atoms with Gasteiger partial charge in [-0.2, -0.15) is 0 Å². The minimum Gasteiger partial charge on any atom is -0.478 e. The Morgan fingerprint density at radius 3 is 2.71 bits per heavy atom. The van der Waals surface area contributed by atoms with Crippen molar-refractivity contribution in [3.05, 3.63) is 29.3 Å². The Hall–Kier alpha value is -2.04. The number of nitrogens with one attached hydrogen (secondary N) is 1. The number of urea groups is 1. The summed E-state index contributed by atoms with van der Waals surface area (Å²) in [6, 6.07) is 4.80. The second-order valence-corrected chi connectivity index (χ2v) is 6.23. The Bertz CT molecular complexity index is 567. The molecule has 0 aliphatic carbocycles. The Kier molecular flexibility index (Phi) is 4.21. The molecule has 1 aromatic rings. The number of carboxylic acid groups (broad SMARTS) is 1. The fourth-order valence-electron chi connectivity index (χ4n) is 2.28. The highest BCUT2D eigenvalue weighted by atomic mass is 16.4. The Morgan fingerprint density at radius 1 is 1.38 bits per heavy atom. The topological polar surface area (TPSA) is 69.6 Å². The van der Waals surface area contributed by atoms with Crippen LogP contribution >= 0.6 is 0 Å². The summed E-state index contributed by atoms with van der Waals surface area (Å²) in [6.45, 7) is 7.55. The van der Waals surface area contributed by atoms with Gasteiger partial charge >= 0.3 is 12.0 Å². The third-order valence-corrected chi connectivity index (χ3v) is 4.14. The molecule has 5 heteroatoms. The molecule has 1 heterocycles. The molecule has 0 fully saturated rings. The van der Waals surface area contributed by atoms with Gasteiger partial charge in [0.05, 0.1) is 5.56 Å². The van der Waals surface area contributed by atoms with Gasteiger partial charge in [0.1, 0.15) is 0 Å². The lowest BCUT2D eigenvalue weighted by molar-refractivity contribution is 0.0697. The Morgan fingerprint density at radius 2 is 2.10 bits per heavy atom. The summed E-state index contributed by atoms with van der Waals surface area (Å²) >= 11 is 0. The quantitative estimate of drug-likeness (QED) is 0.895. The summed E-state index contributed by atoms with van der Waals surface area (Å²) in [5.74, 6) is -0.939. The molecule has 2 amide bonds. The van der Waals surface area contributed by atoms with E-state index in [2.05, 4.69) is 26.1 Å². The summed E-state index contributed by atoms with van der Waals surface area (Å²) < 4.78 is 0. The average molecular weight is 290 g/mol. The van der Waals surface area contributed by atoms with E-state index in [-0.39, 0.29) is 17.0 Å². The second-order valence-electron chi connectivity index (χ2n) is 6.23. The fourth-order valence-corrected chi connectivity index (χ4v) is 2.28. The molecule has 0 aromatic heterocycles. The highest BCUT2D eigenvalue weighted by molar-refractivity contribution is 5.96. The van der Waals surface area contributed by atoms with Crippen LogP contribution in [-0.4, -0.2) is 30.2 Å². The van der Waals surface area contributed by atoms with Gasteiger partial charge in [-0.05, 0) is 42.0 Å². The zero-order valence-electron chi connectivity index (χ0n) is 12.8. The largest absolute Gasteiger partial charge is 0.478 e. The molecular weight excluding hydrogens is 268 g/mol. The maximum atomic E-state index is 12.3. The number of aromatic carboxylic acids is 1. The van der Waals surface area contributed by atoms with E-state index in [4.69, 9.17) is 5.11 Å². The van der Waals surface area contributed by atoms with E-state index >= 15 is 0 Å². The third-order valence-electron chi connectivity index (χ3n) is 4.14. The van der Waals surface area contributed by atoms with Crippen LogP contribution in [0.2, 0.25) is 0 Å². The second kappa shape index (κ2) is 5.76. The van der Waals surface area contributed by atoms with Gasteiger partial charge in [0.15, 0.2) is 0 Å². The molecule has 5 nitrogen and oxygen atoms in total. The SMILES string of the molecule is CCC(C)(C)CNC(=O)N1CCc2cc(C(=O)O)ccc21. The maximum Gasteiger partial charge on any atom is 0.335 e. The van der Waals surface area contributed by atoms with Crippen LogP contribution in [-0.2, 0) is 6.42 Å². The van der Waals surface area contributed by atoms with Crippen LogP contribution in [0.4, 0.5) is 10.5 Å². The van der Waals surface area contributed by atoms with Gasteiger partial charge in [-0.3, -0.25) is 4.90 Å². The van der Waals surface area contributed by atoms with E-state index in [9.17, 15) is 9.59 Å². The summed E-state index contributed by atoms with van der Waals surface area (Å²) in [5.41, 5.74) is 2.07. The molecule has 0 radical (unpaired) electrons. The number of nitrogens with zero attached hydrogens (tertiary/aromatic N) is 1. The number of amides is 2. The fraction of sp³-hybridized carbons (Fsp3) is 0.500. The molecule has 1 aliphatic rings. The van der Waals surface area contributed by atoms with Crippen molar-refractivity contribution in [3.8, 4) is 0 Å². The predicted octanol–water partition coefficient (Wildman–Crippen LogP) is 2.89. The van der Waals surface area contributed by atoms with Gasteiger partial charge < -0.3 is 10.4 Å². The number of rotatable bonds is 4. The van der Waals surface area contributed by atoms with E-state index < -0.39 is 5.97 Å². The van der Waals surface area contributed by atoms with Gasteiger partial charge in [-0.25, -0.2) is 9.59 Å². The van der Waals surface area contributed by atoms with Crippen molar-refractivity contribution in [2.24, 2.45) is 5.41 Å². The standard InChI is InChI=1S/C16H22N2O3/c1-4-16(2,3)10-17-15(21)18-8-7-11-9-12(14(19)20)5-6-13(11)18/h5-6,9H,4,7-8,10H2,1-3H3,(H,17,21)(H,19,20). The van der Waals surface area contributed by atoms with E-state index in [1.807, 2.05) is 0 Å². The van der Waals surface area contributed by atoms with Crippen LogP contribution in [0, 0.1) is 5.41 Å². The molecule has 0 bridgehead atoms. The van der Waals surface area contributed by atoms with Crippen LogP contribution < -0.4 is 10.2 Å². The highest BCUT2D eigenvalue weighted by Gasteiger charge is 2.26. The van der Waals surface area contributed by atoms with Crippen LogP contribution in [0.25, 0.3) is 0 Å². The van der Waals surface area contributed by atoms with Crippen molar-refractivity contribution in [3.63, 3.8) is 0 Å². The third kappa shape index (κ3) is 3.35. The molecule has 0 spiro atoms. The number of anilines is 1. The van der Waals surface area contributed by atoms with Crippen molar-refractivity contribution in [2.75, 3.05) is 18.0 Å². The van der Waals surface area contributed by atoms with Gasteiger partial charge in [0, 0.05) is 18.8 Å². The van der Waals surface area contributed by atoms with Gasteiger partial charge in [0.25, 0.3) is 0 Å². The number of carbonyl (C=O) groups excluding carboxylic acids is 1. The average Bonchev–Trinajstić information content (AvgIpc) is 2.87. The molecule has 1 aromatic carbocycles. The lowest BCUT2D eigenvalue weighted by Gasteiger charge is -2.25. The molecule has 0 saturated heterocycles. The number of fused-ring (bicyclic) bond motifs is 1. The highest BCUT2D eigenvalue weighted by Crippen LogP contribution is 2.29. The number of carboxylic acids is 1. The summed E-state index contributed by atoms with van der Waals surface area (Å²) in [7, 11) is 0. The van der Waals surface area contributed by atoms with Crippen molar-refractivity contribution in [1.29, 1.82) is 0 Å². The first kappa shape index (κ1) is 15.4. The molecule has 0 saturated carbocycles. The molecule has 0 atom stereocenters. The minimum atomic E-state index is -0.939. The molecular formula is C16H22N2O3. The minimum absolute atomic E-state index is 0.0748. The zero-order chi connectivity index (χ0) is 15.6. The summed E-state index contributed by atoms with van der Waals surface area (Å²) in [4.78, 5) is 24.9. The van der Waals surface area contributed by atoms with Crippen molar-refractivity contribution in [2.45, 2.75) is 33.6 Å². The lowest BCUT2D eigenvalue weighted by atomic mass is 9.90. The lowest BCUT2D eigenvalue weighted by Crippen LogP contribution is -2.42. The first-order valence-corrected chi connectivity index (χ1v) is 7.25. The van der Waals surface area contributed by atoms with Crippen molar-refractivity contribution >= 4 is 17.7 Å². The molecule has 0 unspecified atom stereocenters. The number of hydrogen-bond donors (Lipinski definition) is 2. The number of benzene rings is 1. The van der Waals surface area contributed by atoms with Crippen LogP contribution in [0.5, 0.6) is 0 Å². The van der Waals surface area contributed by atoms with Crippen molar-refractivity contribution < 1.29 is 14.7 Å². The first-order valence-electron chi connectivity index (χ1n) is 7.25. The summed E-state index contributed by atoms with van der Waals surface area (Å²) in [5, 5.41) is 12.0. The van der Waals surface area contributed by atoms with Gasteiger partial charge in [0.2, 0.25) is 0 Å². The number of carbonyl (C=O) groups is 2. The number of hydrogen-bond acceptors (Lipinski definition) is 2. The van der Waals surface area contributed by atoms with Crippen LogP contribution in [0.1, 0.15) is 43.1 Å². The monoisotopic (exact) mass is 290 g/mol. The smallest absolute Gasteiger partial charge is 0.335 e. The van der Waals surface area contributed by atoms with Crippen LogP contribution in [0.3, 0.4) is 0 Å². The molecule has 2 N–H and O–H groups in total. The molecule has 21 heavy (non-hydrogen) atoms. The molecule has 2 rings (SSSR count). The zero-order valence-corrected chi connectivity index (χ0v) is 12.8. The van der Waals surface area contributed by atoms with E-state index in [0.29, 0.717) is 19.5 Å². The normalized spacial score (nSPS) is 14.0. The molecule has 114 valence electrons. The van der Waals surface area contributed by atoms with Crippen molar-refractivity contribution in [1.82, 2.24) is 5.32 Å². The predicted molar refractivity (Wildman–Crippen MR) is 81.9 cm³/mol. The van der Waals surface area contributed by atoms with Gasteiger partial charge in [-0.15, -0.1) is 0 Å². The molecule has 1 aliphatic heterocycles. The van der Waals surface area contributed by atoms with Gasteiger partial charge in [-0.1, -0.05) is 20.8 Å². The Labute approximate surface area is 125 Å². The first-order chi connectivity index (χ1) is 9.84. The Balaban J connectivity index is 2.08. The van der Waals surface area contributed by atoms with E-state index in [1.165, 1.54) is 0 Å². The summed E-state index contributed by atoms with van der Waals surface area (Å²) in [6.07, 6.45) is 1.69. The van der Waals surface area contributed by atoms with E-state index in [1.54, 1.807) is 23.1 Å².